The number of methoxy groups -OCH3 is 1. The Balaban J connectivity index is 1.55. The van der Waals surface area contributed by atoms with Crippen molar-refractivity contribution in [3.05, 3.63) is 47.7 Å². The number of carbonyl (C=O) groups excluding carboxylic acids is 1. The average molecular weight is 470 g/mol. The van der Waals surface area contributed by atoms with Gasteiger partial charge in [-0.2, -0.15) is 0 Å². The van der Waals surface area contributed by atoms with Crippen LogP contribution in [0.1, 0.15) is 36.3 Å². The van der Waals surface area contributed by atoms with Gasteiger partial charge in [0.15, 0.2) is 11.3 Å². The van der Waals surface area contributed by atoms with Gasteiger partial charge >= 0.3 is 0 Å². The molecule has 8 nitrogen and oxygen atoms in total. The lowest BCUT2D eigenvalue weighted by Gasteiger charge is -2.34. The summed E-state index contributed by atoms with van der Waals surface area (Å²) >= 11 is 1.48. The van der Waals surface area contributed by atoms with E-state index in [1.165, 1.54) is 36.3 Å². The monoisotopic (exact) mass is 469 g/mol. The molecule has 1 aromatic heterocycles. The number of thioether (sulfide) groups is 1. The predicted octanol–water partition coefficient (Wildman–Crippen LogP) is 2.95. The van der Waals surface area contributed by atoms with E-state index < -0.39 is 23.4 Å². The Morgan fingerprint density at radius 2 is 2.24 bits per heavy atom. The van der Waals surface area contributed by atoms with Crippen LogP contribution in [-0.2, 0) is 10.3 Å². The number of anilines is 1. The fraction of sp³-hybridized carbons (Fsp3) is 0.391. The van der Waals surface area contributed by atoms with Gasteiger partial charge in [0.25, 0.3) is 5.91 Å². The van der Waals surface area contributed by atoms with Crippen LogP contribution in [0.15, 0.2) is 35.6 Å². The Morgan fingerprint density at radius 3 is 2.91 bits per heavy atom. The lowest BCUT2D eigenvalue weighted by atomic mass is 9.85. The number of nitrogens with zero attached hydrogens (tertiary/aromatic N) is 3. The van der Waals surface area contributed by atoms with Crippen molar-refractivity contribution in [1.82, 2.24) is 9.97 Å². The summed E-state index contributed by atoms with van der Waals surface area (Å²) in [6.45, 7) is 4.07. The van der Waals surface area contributed by atoms with E-state index in [0.29, 0.717) is 23.0 Å². The highest BCUT2D eigenvalue weighted by molar-refractivity contribution is 8.15. The van der Waals surface area contributed by atoms with Crippen LogP contribution in [0.5, 0.6) is 5.88 Å². The van der Waals surface area contributed by atoms with Crippen molar-refractivity contribution < 1.29 is 18.7 Å². The third-order valence-corrected chi connectivity index (χ3v) is 7.18. The molecule has 1 saturated carbocycles. The molecule has 2 aromatic rings. The SMILES string of the molecule is C#C[C@@H](C)Oc1cnc(C(=O)Nc2ccc(F)c([C@]3(C)N=C(N)S[C@@]4(COC)C[C@H]43)c2)cn1. The standard InChI is InChI=1S/C23H24FN5O3S/c1-5-13(2)32-19-11-26-17(10-27-19)20(30)28-14-6-7-16(24)15(8-14)22(3)18-9-23(18,12-31-4)33-21(25)29-22/h1,6-8,10-11,13,18H,9,12H2,2-4H3,(H2,25,29)(H,28,30)/t13-,18+,22+,23-/m1/s1. The van der Waals surface area contributed by atoms with Crippen LogP contribution in [0.4, 0.5) is 10.1 Å². The van der Waals surface area contributed by atoms with Crippen molar-refractivity contribution in [2.24, 2.45) is 16.6 Å². The van der Waals surface area contributed by atoms with Crippen LogP contribution in [0, 0.1) is 24.1 Å². The molecule has 4 rings (SSSR count). The lowest BCUT2D eigenvalue weighted by Crippen LogP contribution is -2.37. The van der Waals surface area contributed by atoms with Crippen molar-refractivity contribution in [2.45, 2.75) is 36.7 Å². The number of nitrogens with one attached hydrogen (secondary N) is 1. The van der Waals surface area contributed by atoms with Crippen molar-refractivity contribution >= 4 is 28.5 Å². The Bertz CT molecular complexity index is 1150. The summed E-state index contributed by atoms with van der Waals surface area (Å²) in [7, 11) is 1.64. The van der Waals surface area contributed by atoms with Gasteiger partial charge in [-0.1, -0.05) is 17.7 Å². The molecule has 3 N–H and O–H groups in total. The van der Waals surface area contributed by atoms with Gasteiger partial charge in [0.1, 0.15) is 11.5 Å². The second-order valence-electron chi connectivity index (χ2n) is 8.27. The van der Waals surface area contributed by atoms with Crippen molar-refractivity contribution in [2.75, 3.05) is 19.0 Å². The zero-order valence-electron chi connectivity index (χ0n) is 18.5. The fourth-order valence-electron chi connectivity index (χ4n) is 4.22. The quantitative estimate of drug-likeness (QED) is 0.600. The van der Waals surface area contributed by atoms with E-state index in [9.17, 15) is 9.18 Å². The molecule has 2 aliphatic rings. The molecule has 1 aromatic carbocycles. The maximum absolute atomic E-state index is 15.0. The number of hydrogen-bond donors (Lipinski definition) is 2. The third-order valence-electron chi connectivity index (χ3n) is 5.90. The highest BCUT2D eigenvalue weighted by Crippen LogP contribution is 2.66. The number of amides is 1. The number of terminal acetylenes is 1. The molecule has 0 saturated heterocycles. The Morgan fingerprint density at radius 1 is 1.45 bits per heavy atom. The molecule has 33 heavy (non-hydrogen) atoms. The van der Waals surface area contributed by atoms with Crippen LogP contribution in [-0.4, -0.2) is 45.6 Å². The number of aliphatic imine (C=N–C) groups is 1. The summed E-state index contributed by atoms with van der Waals surface area (Å²) < 4.78 is 25.5. The summed E-state index contributed by atoms with van der Waals surface area (Å²) in [5.41, 5.74) is 6.08. The highest BCUT2D eigenvalue weighted by atomic mass is 32.2. The normalized spacial score (nSPS) is 26.4. The molecular weight excluding hydrogens is 445 g/mol. The molecule has 1 aliphatic heterocycles. The molecular formula is C23H24FN5O3S. The van der Waals surface area contributed by atoms with Gasteiger partial charge in [-0.15, -0.1) is 6.42 Å². The van der Waals surface area contributed by atoms with E-state index in [1.807, 2.05) is 6.92 Å². The number of hydrogen-bond acceptors (Lipinski definition) is 8. The van der Waals surface area contributed by atoms with Gasteiger partial charge in [0.2, 0.25) is 5.88 Å². The zero-order valence-corrected chi connectivity index (χ0v) is 19.3. The minimum Gasteiger partial charge on any atom is -0.460 e. The van der Waals surface area contributed by atoms with E-state index in [1.54, 1.807) is 20.1 Å². The molecule has 1 amide bonds. The zero-order chi connectivity index (χ0) is 23.8. The maximum Gasteiger partial charge on any atom is 0.275 e. The summed E-state index contributed by atoms with van der Waals surface area (Å²) in [5.74, 6) is 1.78. The number of aromatic nitrogens is 2. The van der Waals surface area contributed by atoms with Gasteiger partial charge in [0, 0.05) is 24.3 Å². The smallest absolute Gasteiger partial charge is 0.275 e. The van der Waals surface area contributed by atoms with Gasteiger partial charge in [-0.3, -0.25) is 9.79 Å². The highest BCUT2D eigenvalue weighted by Gasteiger charge is 2.66. The van der Waals surface area contributed by atoms with Crippen LogP contribution in [0.2, 0.25) is 0 Å². The van der Waals surface area contributed by atoms with Gasteiger partial charge in [-0.05, 0) is 38.5 Å². The third kappa shape index (κ3) is 4.38. The van der Waals surface area contributed by atoms with E-state index in [-0.39, 0.29) is 22.2 Å². The maximum atomic E-state index is 15.0. The molecule has 1 aliphatic carbocycles. The first kappa shape index (κ1) is 23.0. The number of fused-ring (bicyclic) bond motifs is 1. The second kappa shape index (κ2) is 8.65. The molecule has 2 heterocycles. The topological polar surface area (TPSA) is 112 Å². The second-order valence-corrected chi connectivity index (χ2v) is 9.70. The largest absolute Gasteiger partial charge is 0.460 e. The lowest BCUT2D eigenvalue weighted by molar-refractivity contribution is 0.102. The van der Waals surface area contributed by atoms with E-state index in [4.69, 9.17) is 21.6 Å². The number of nitrogens with two attached hydrogens (primary N) is 1. The first-order valence-corrected chi connectivity index (χ1v) is 11.1. The minimum absolute atomic E-state index is 0.0616. The first-order valence-electron chi connectivity index (χ1n) is 10.3. The van der Waals surface area contributed by atoms with Crippen LogP contribution in [0.25, 0.3) is 0 Å². The van der Waals surface area contributed by atoms with E-state index in [2.05, 4.69) is 26.2 Å². The Hall–Kier alpha value is -3.16. The molecule has 0 radical (unpaired) electrons. The molecule has 10 heteroatoms. The molecule has 4 atom stereocenters. The van der Waals surface area contributed by atoms with Crippen LogP contribution < -0.4 is 15.8 Å². The van der Waals surface area contributed by atoms with Gasteiger partial charge < -0.3 is 20.5 Å². The average Bonchev–Trinajstić information content (AvgIpc) is 3.50. The molecule has 1 fully saturated rings. The molecule has 172 valence electrons. The predicted molar refractivity (Wildman–Crippen MR) is 125 cm³/mol. The van der Waals surface area contributed by atoms with Crippen LogP contribution in [0.3, 0.4) is 0 Å². The van der Waals surface area contributed by atoms with Crippen molar-refractivity contribution in [3.8, 4) is 18.2 Å². The summed E-state index contributed by atoms with van der Waals surface area (Å²) in [4.78, 5) is 25.4. The summed E-state index contributed by atoms with van der Waals surface area (Å²) in [5, 5.41) is 3.13. The van der Waals surface area contributed by atoms with E-state index in [0.717, 1.165) is 6.42 Å². The first-order chi connectivity index (χ1) is 15.7. The molecule has 0 unspecified atom stereocenters. The number of amidine groups is 1. The summed E-state index contributed by atoms with van der Waals surface area (Å²) in [6.07, 6.45) is 8.22. The van der Waals surface area contributed by atoms with Gasteiger partial charge in [-0.25, -0.2) is 14.4 Å². The Kier molecular flexibility index (Phi) is 6.03. The molecule has 0 bridgehead atoms. The molecule has 0 spiro atoms. The minimum atomic E-state index is -0.870. The van der Waals surface area contributed by atoms with E-state index >= 15 is 0 Å². The number of rotatable bonds is 7. The number of ether oxygens (including phenoxy) is 2. The van der Waals surface area contributed by atoms with Crippen LogP contribution >= 0.6 is 11.8 Å². The number of halogens is 1. The van der Waals surface area contributed by atoms with Gasteiger partial charge in [0.05, 0.1) is 29.3 Å². The Labute approximate surface area is 195 Å². The van der Waals surface area contributed by atoms with Crippen molar-refractivity contribution in [1.29, 1.82) is 0 Å². The number of benzene rings is 1. The fourth-order valence-corrected chi connectivity index (χ4v) is 5.68. The number of carbonyl (C=O) groups is 1. The van der Waals surface area contributed by atoms with Crippen molar-refractivity contribution in [3.63, 3.8) is 0 Å². The summed E-state index contributed by atoms with van der Waals surface area (Å²) in [6, 6.07) is 4.39.